The van der Waals surface area contributed by atoms with Crippen molar-refractivity contribution in [3.05, 3.63) is 41.6 Å². The van der Waals surface area contributed by atoms with Gasteiger partial charge in [0.1, 0.15) is 5.82 Å². The number of hydrogen-bond acceptors (Lipinski definition) is 3. The number of carbonyl (C=O) groups is 2. The third kappa shape index (κ3) is 6.44. The zero-order chi connectivity index (χ0) is 22.5. The minimum atomic E-state index is -0.214. The van der Waals surface area contributed by atoms with Crippen LogP contribution >= 0.6 is 0 Å². The summed E-state index contributed by atoms with van der Waals surface area (Å²) in [6.45, 7) is 15.0. The third-order valence-corrected chi connectivity index (χ3v) is 4.79. The molecule has 1 aromatic heterocycles. The van der Waals surface area contributed by atoms with E-state index in [0.29, 0.717) is 18.8 Å². The van der Waals surface area contributed by atoms with E-state index < -0.39 is 0 Å². The molecule has 0 aliphatic heterocycles. The first kappa shape index (κ1) is 23.6. The molecule has 1 heterocycles. The van der Waals surface area contributed by atoms with E-state index in [0.717, 1.165) is 23.4 Å². The minimum absolute atomic E-state index is 0.0180. The quantitative estimate of drug-likeness (QED) is 0.683. The molecule has 0 unspecified atom stereocenters. The summed E-state index contributed by atoms with van der Waals surface area (Å²) in [5.74, 6) is 0.678. The van der Waals surface area contributed by atoms with E-state index in [9.17, 15) is 9.59 Å². The van der Waals surface area contributed by atoms with E-state index in [1.165, 1.54) is 0 Å². The number of carbonyl (C=O) groups excluding carboxylic acids is 2. The van der Waals surface area contributed by atoms with Crippen molar-refractivity contribution in [3.8, 4) is 5.69 Å². The molecule has 1 aromatic carbocycles. The van der Waals surface area contributed by atoms with Crippen LogP contribution in [0.1, 0.15) is 65.6 Å². The van der Waals surface area contributed by atoms with E-state index in [4.69, 9.17) is 5.10 Å². The fourth-order valence-electron chi connectivity index (χ4n) is 3.12. The monoisotopic (exact) mass is 412 g/mol. The smallest absolute Gasteiger partial charge is 0.245 e. The van der Waals surface area contributed by atoms with Crippen molar-refractivity contribution < 1.29 is 9.59 Å². The van der Waals surface area contributed by atoms with Crippen LogP contribution < -0.4 is 5.32 Å². The van der Waals surface area contributed by atoms with Crippen LogP contribution in [0.3, 0.4) is 0 Å². The van der Waals surface area contributed by atoms with Gasteiger partial charge in [0.25, 0.3) is 0 Å². The van der Waals surface area contributed by atoms with Crippen LogP contribution in [0.2, 0.25) is 0 Å². The molecule has 0 saturated heterocycles. The molecular formula is C24H36N4O2. The number of hydrogen-bond donors (Lipinski definition) is 1. The van der Waals surface area contributed by atoms with Gasteiger partial charge < -0.3 is 10.2 Å². The highest BCUT2D eigenvalue weighted by molar-refractivity contribution is 5.94. The molecular weight excluding hydrogens is 376 g/mol. The first-order valence-corrected chi connectivity index (χ1v) is 10.8. The Balaban J connectivity index is 2.27. The maximum absolute atomic E-state index is 12.8. The van der Waals surface area contributed by atoms with E-state index >= 15 is 0 Å². The standard InChI is InChI=1S/C24H36N4O2/c1-8-13-27(23(30)14-17(2)3)16-22(29)25-21-15-20(24(5,6)7)26-28(21)19-11-9-18(4)10-12-19/h9-12,15,17H,8,13-14,16H2,1-7H3,(H,25,29). The van der Waals surface area contributed by atoms with Gasteiger partial charge in [-0.05, 0) is 31.4 Å². The second-order valence-corrected chi connectivity index (χ2v) is 9.37. The van der Waals surface area contributed by atoms with E-state index in [2.05, 4.69) is 26.1 Å². The van der Waals surface area contributed by atoms with Crippen LogP contribution in [-0.2, 0) is 15.0 Å². The van der Waals surface area contributed by atoms with Gasteiger partial charge in [0.2, 0.25) is 11.8 Å². The van der Waals surface area contributed by atoms with Gasteiger partial charge in [-0.1, -0.05) is 59.2 Å². The first-order chi connectivity index (χ1) is 14.0. The van der Waals surface area contributed by atoms with Gasteiger partial charge in [-0.2, -0.15) is 5.10 Å². The Hall–Kier alpha value is -2.63. The zero-order valence-corrected chi connectivity index (χ0v) is 19.5. The normalized spacial score (nSPS) is 11.6. The van der Waals surface area contributed by atoms with Crippen molar-refractivity contribution >= 4 is 17.6 Å². The second-order valence-electron chi connectivity index (χ2n) is 9.37. The highest BCUT2D eigenvalue weighted by Crippen LogP contribution is 2.26. The molecule has 2 amide bonds. The molecule has 0 spiro atoms. The molecule has 0 aliphatic rings. The van der Waals surface area contributed by atoms with Gasteiger partial charge in [-0.15, -0.1) is 0 Å². The largest absolute Gasteiger partial charge is 0.333 e. The number of amides is 2. The Morgan fingerprint density at radius 3 is 2.33 bits per heavy atom. The molecule has 0 fully saturated rings. The van der Waals surface area contributed by atoms with E-state index in [1.807, 2.05) is 58.0 Å². The Bertz CT molecular complexity index is 860. The van der Waals surface area contributed by atoms with Crippen LogP contribution in [0, 0.1) is 12.8 Å². The van der Waals surface area contributed by atoms with Crippen molar-refractivity contribution in [2.45, 2.75) is 66.7 Å². The van der Waals surface area contributed by atoms with Crippen LogP contribution in [0.5, 0.6) is 0 Å². The molecule has 0 saturated carbocycles. The Morgan fingerprint density at radius 2 is 1.80 bits per heavy atom. The predicted octanol–water partition coefficient (Wildman–Crippen LogP) is 4.70. The summed E-state index contributed by atoms with van der Waals surface area (Å²) in [4.78, 5) is 27.0. The van der Waals surface area contributed by atoms with Crippen molar-refractivity contribution in [3.63, 3.8) is 0 Å². The summed E-state index contributed by atoms with van der Waals surface area (Å²) in [5, 5.41) is 7.73. The molecule has 0 bridgehead atoms. The Morgan fingerprint density at radius 1 is 1.17 bits per heavy atom. The molecule has 1 N–H and O–H groups in total. The highest BCUT2D eigenvalue weighted by Gasteiger charge is 2.23. The minimum Gasteiger partial charge on any atom is -0.333 e. The van der Waals surface area contributed by atoms with Gasteiger partial charge in [-0.3, -0.25) is 9.59 Å². The topological polar surface area (TPSA) is 67.2 Å². The van der Waals surface area contributed by atoms with Crippen LogP contribution in [0.25, 0.3) is 5.69 Å². The number of nitrogens with one attached hydrogen (secondary N) is 1. The summed E-state index contributed by atoms with van der Waals surface area (Å²) in [6, 6.07) is 9.93. The molecule has 0 atom stereocenters. The molecule has 0 aliphatic carbocycles. The molecule has 30 heavy (non-hydrogen) atoms. The van der Waals surface area contributed by atoms with Crippen molar-refractivity contribution in [2.24, 2.45) is 5.92 Å². The summed E-state index contributed by atoms with van der Waals surface area (Å²) in [5.41, 5.74) is 2.77. The summed E-state index contributed by atoms with van der Waals surface area (Å²) < 4.78 is 1.76. The highest BCUT2D eigenvalue weighted by atomic mass is 16.2. The van der Waals surface area contributed by atoms with E-state index in [-0.39, 0.29) is 29.7 Å². The van der Waals surface area contributed by atoms with Gasteiger partial charge in [0.05, 0.1) is 17.9 Å². The predicted molar refractivity (Wildman–Crippen MR) is 122 cm³/mol. The van der Waals surface area contributed by atoms with Crippen LogP contribution in [0.15, 0.2) is 30.3 Å². The summed E-state index contributed by atoms with van der Waals surface area (Å²) in [6.07, 6.45) is 1.26. The lowest BCUT2D eigenvalue weighted by Crippen LogP contribution is -2.39. The third-order valence-electron chi connectivity index (χ3n) is 4.79. The molecule has 2 rings (SSSR count). The summed E-state index contributed by atoms with van der Waals surface area (Å²) >= 11 is 0. The average Bonchev–Trinajstić information content (AvgIpc) is 3.05. The van der Waals surface area contributed by atoms with Crippen molar-refractivity contribution in [1.82, 2.24) is 14.7 Å². The number of aryl methyl sites for hydroxylation is 1. The Labute approximate surface area is 180 Å². The maximum atomic E-state index is 12.8. The van der Waals surface area contributed by atoms with Crippen LogP contribution in [-0.4, -0.2) is 39.6 Å². The second kappa shape index (κ2) is 9.92. The maximum Gasteiger partial charge on any atom is 0.245 e. The number of benzene rings is 1. The molecule has 164 valence electrons. The average molecular weight is 413 g/mol. The number of rotatable bonds is 8. The molecule has 2 aromatic rings. The SMILES string of the molecule is CCCN(CC(=O)Nc1cc(C(C)(C)C)nn1-c1ccc(C)cc1)C(=O)CC(C)C. The van der Waals surface area contributed by atoms with Gasteiger partial charge >= 0.3 is 0 Å². The van der Waals surface area contributed by atoms with Crippen molar-refractivity contribution in [1.29, 1.82) is 0 Å². The fraction of sp³-hybridized carbons (Fsp3) is 0.542. The van der Waals surface area contributed by atoms with Gasteiger partial charge in [0.15, 0.2) is 0 Å². The lowest BCUT2D eigenvalue weighted by atomic mass is 9.92. The van der Waals surface area contributed by atoms with E-state index in [1.54, 1.807) is 9.58 Å². The number of nitrogens with zero attached hydrogens (tertiary/aromatic N) is 3. The number of anilines is 1. The first-order valence-electron chi connectivity index (χ1n) is 10.8. The van der Waals surface area contributed by atoms with Gasteiger partial charge in [-0.25, -0.2) is 4.68 Å². The zero-order valence-electron chi connectivity index (χ0n) is 19.5. The molecule has 6 heteroatoms. The molecule has 6 nitrogen and oxygen atoms in total. The van der Waals surface area contributed by atoms with Gasteiger partial charge in [0, 0.05) is 24.4 Å². The van der Waals surface area contributed by atoms with Crippen LogP contribution in [0.4, 0.5) is 5.82 Å². The summed E-state index contributed by atoms with van der Waals surface area (Å²) in [7, 11) is 0. The lowest BCUT2D eigenvalue weighted by molar-refractivity contribution is -0.135. The lowest BCUT2D eigenvalue weighted by Gasteiger charge is -2.22. The number of aromatic nitrogens is 2. The molecule has 0 radical (unpaired) electrons. The Kier molecular flexibility index (Phi) is 7.82. The fourth-order valence-corrected chi connectivity index (χ4v) is 3.12. The van der Waals surface area contributed by atoms with Crippen molar-refractivity contribution in [2.75, 3.05) is 18.4 Å².